The van der Waals surface area contributed by atoms with Crippen LogP contribution in [-0.2, 0) is 9.84 Å². The Morgan fingerprint density at radius 1 is 1.24 bits per heavy atom. The number of hydrogen-bond donors (Lipinski definition) is 1. The molecule has 1 aromatic carbocycles. The average molecular weight is 364 g/mol. The summed E-state index contributed by atoms with van der Waals surface area (Å²) in [5, 5.41) is 6.71. The van der Waals surface area contributed by atoms with E-state index in [1.165, 1.54) is 4.90 Å². The lowest BCUT2D eigenvalue weighted by molar-refractivity contribution is 0.196. The number of hydrogen-bond acceptors (Lipinski definition) is 6. The summed E-state index contributed by atoms with van der Waals surface area (Å²) in [6, 6.07) is 6.92. The number of aryl methyl sites for hydroxylation is 1. The Morgan fingerprint density at radius 3 is 2.52 bits per heavy atom. The van der Waals surface area contributed by atoms with Crippen LogP contribution in [0.15, 0.2) is 28.8 Å². The van der Waals surface area contributed by atoms with Crippen molar-refractivity contribution in [2.75, 3.05) is 24.6 Å². The molecule has 1 fully saturated rings. The highest BCUT2D eigenvalue weighted by Crippen LogP contribution is 2.19. The van der Waals surface area contributed by atoms with E-state index >= 15 is 0 Å². The monoisotopic (exact) mass is 364 g/mol. The van der Waals surface area contributed by atoms with E-state index in [-0.39, 0.29) is 30.6 Å². The highest BCUT2D eigenvalue weighted by Gasteiger charge is 2.27. The molecule has 134 valence electrons. The molecule has 0 radical (unpaired) electrons. The number of nitrogens with zero attached hydrogens (tertiary/aromatic N) is 3. The molecule has 1 atom stereocenters. The maximum Gasteiger partial charge on any atom is 0.318 e. The van der Waals surface area contributed by atoms with Crippen LogP contribution in [0.3, 0.4) is 0 Å². The van der Waals surface area contributed by atoms with E-state index in [4.69, 9.17) is 4.52 Å². The molecule has 0 aliphatic carbocycles. The summed E-state index contributed by atoms with van der Waals surface area (Å²) >= 11 is 0. The fourth-order valence-corrected chi connectivity index (χ4v) is 3.69. The number of aromatic nitrogens is 2. The van der Waals surface area contributed by atoms with Gasteiger partial charge in [0.25, 0.3) is 0 Å². The summed E-state index contributed by atoms with van der Waals surface area (Å²) in [6.07, 6.45) is 0. The molecule has 3 rings (SSSR count). The maximum atomic E-state index is 12.2. The maximum absolute atomic E-state index is 12.2. The van der Waals surface area contributed by atoms with Crippen LogP contribution >= 0.6 is 0 Å². The van der Waals surface area contributed by atoms with Crippen LogP contribution < -0.4 is 5.32 Å². The molecule has 8 nitrogen and oxygen atoms in total. The molecule has 1 saturated heterocycles. The molecule has 9 heteroatoms. The molecule has 0 unspecified atom stereocenters. The van der Waals surface area contributed by atoms with Crippen LogP contribution in [0.5, 0.6) is 0 Å². The molecule has 2 amide bonds. The zero-order valence-electron chi connectivity index (χ0n) is 14.1. The number of carbonyl (C=O) groups excluding carboxylic acids is 1. The van der Waals surface area contributed by atoms with Gasteiger partial charge in [0.05, 0.1) is 11.5 Å². The molecular weight excluding hydrogens is 344 g/mol. The highest BCUT2D eigenvalue weighted by molar-refractivity contribution is 7.91. The van der Waals surface area contributed by atoms with E-state index in [9.17, 15) is 13.2 Å². The molecule has 0 saturated carbocycles. The Balaban J connectivity index is 1.63. The lowest BCUT2D eigenvalue weighted by Crippen LogP contribution is -2.48. The van der Waals surface area contributed by atoms with Gasteiger partial charge in [0.2, 0.25) is 11.7 Å². The second-order valence-corrected chi connectivity index (χ2v) is 8.44. The van der Waals surface area contributed by atoms with Crippen molar-refractivity contribution in [3.63, 3.8) is 0 Å². The summed E-state index contributed by atoms with van der Waals surface area (Å²) in [6.45, 7) is 4.12. The molecule has 2 heterocycles. The minimum Gasteiger partial charge on any atom is -0.337 e. The molecule has 1 aliphatic heterocycles. The fourth-order valence-electron chi connectivity index (χ4n) is 2.48. The number of benzene rings is 1. The van der Waals surface area contributed by atoms with E-state index in [0.717, 1.165) is 11.1 Å². The first-order valence-electron chi connectivity index (χ1n) is 8.00. The summed E-state index contributed by atoms with van der Waals surface area (Å²) < 4.78 is 28.1. The molecule has 2 aromatic rings. The van der Waals surface area contributed by atoms with Gasteiger partial charge in [-0.3, -0.25) is 0 Å². The molecule has 1 aliphatic rings. The van der Waals surface area contributed by atoms with Crippen molar-refractivity contribution in [3.05, 3.63) is 35.7 Å². The number of nitrogens with one attached hydrogen (secondary N) is 1. The second-order valence-electron chi connectivity index (χ2n) is 6.13. The third-order valence-electron chi connectivity index (χ3n) is 4.09. The summed E-state index contributed by atoms with van der Waals surface area (Å²) in [7, 11) is -3.02. The van der Waals surface area contributed by atoms with Crippen molar-refractivity contribution in [1.82, 2.24) is 20.4 Å². The first-order chi connectivity index (χ1) is 11.8. The first kappa shape index (κ1) is 17.4. The minimum absolute atomic E-state index is 0.00701. The van der Waals surface area contributed by atoms with Crippen LogP contribution in [0.4, 0.5) is 4.79 Å². The zero-order valence-corrected chi connectivity index (χ0v) is 14.9. The topological polar surface area (TPSA) is 105 Å². The van der Waals surface area contributed by atoms with E-state index in [1.54, 1.807) is 6.92 Å². The number of urea groups is 1. The quantitative estimate of drug-likeness (QED) is 0.886. The normalized spacial score (nSPS) is 17.9. The van der Waals surface area contributed by atoms with Crippen LogP contribution in [-0.4, -0.2) is 54.1 Å². The lowest BCUT2D eigenvalue weighted by atomic mass is 10.1. The van der Waals surface area contributed by atoms with Gasteiger partial charge >= 0.3 is 6.03 Å². The number of carbonyl (C=O) groups is 1. The largest absolute Gasteiger partial charge is 0.337 e. The van der Waals surface area contributed by atoms with E-state index < -0.39 is 15.9 Å². The fraction of sp³-hybridized carbons (Fsp3) is 0.438. The summed E-state index contributed by atoms with van der Waals surface area (Å²) in [5.74, 6) is 0.744. The molecular formula is C16H20N4O4S. The zero-order chi connectivity index (χ0) is 18.0. The van der Waals surface area contributed by atoms with Gasteiger partial charge in [-0.2, -0.15) is 4.98 Å². The molecule has 0 bridgehead atoms. The van der Waals surface area contributed by atoms with E-state index in [1.807, 2.05) is 31.2 Å². The van der Waals surface area contributed by atoms with Gasteiger partial charge in [0.1, 0.15) is 6.04 Å². The number of sulfone groups is 1. The van der Waals surface area contributed by atoms with Crippen molar-refractivity contribution in [2.24, 2.45) is 0 Å². The number of rotatable bonds is 3. The average Bonchev–Trinajstić information content (AvgIpc) is 3.05. The second kappa shape index (κ2) is 6.83. The van der Waals surface area contributed by atoms with Gasteiger partial charge in [0, 0.05) is 18.7 Å². The molecule has 1 aromatic heterocycles. The molecule has 0 spiro atoms. The Kier molecular flexibility index (Phi) is 4.76. The summed E-state index contributed by atoms with van der Waals surface area (Å²) in [4.78, 5) is 18.0. The Morgan fingerprint density at radius 2 is 1.88 bits per heavy atom. The van der Waals surface area contributed by atoms with E-state index in [2.05, 4.69) is 15.5 Å². The Labute approximate surface area is 146 Å². The van der Waals surface area contributed by atoms with Crippen molar-refractivity contribution in [2.45, 2.75) is 19.9 Å². The SMILES string of the molecule is Cc1ccc(-c2noc([C@H](C)NC(=O)N3CCS(=O)(=O)CC3)n2)cc1. The van der Waals surface area contributed by atoms with Crippen LogP contribution in [0.2, 0.25) is 0 Å². The van der Waals surface area contributed by atoms with Gasteiger partial charge in [-0.15, -0.1) is 0 Å². The Bertz CT molecular complexity index is 847. The van der Waals surface area contributed by atoms with Crippen molar-refractivity contribution < 1.29 is 17.7 Å². The van der Waals surface area contributed by atoms with Crippen molar-refractivity contribution in [3.8, 4) is 11.4 Å². The number of amides is 2. The summed E-state index contributed by atoms with van der Waals surface area (Å²) in [5.41, 5.74) is 1.97. The van der Waals surface area contributed by atoms with E-state index in [0.29, 0.717) is 11.7 Å². The van der Waals surface area contributed by atoms with Crippen LogP contribution in [0, 0.1) is 6.92 Å². The third-order valence-corrected chi connectivity index (χ3v) is 5.70. The van der Waals surface area contributed by atoms with Gasteiger partial charge < -0.3 is 14.7 Å². The molecule has 25 heavy (non-hydrogen) atoms. The third kappa shape index (κ3) is 4.16. The predicted octanol–water partition coefficient (Wildman–Crippen LogP) is 1.55. The first-order valence-corrected chi connectivity index (χ1v) is 9.83. The van der Waals surface area contributed by atoms with Crippen molar-refractivity contribution in [1.29, 1.82) is 0 Å². The minimum atomic E-state index is -3.02. The van der Waals surface area contributed by atoms with Gasteiger partial charge in [0.15, 0.2) is 9.84 Å². The lowest BCUT2D eigenvalue weighted by Gasteiger charge is -2.27. The van der Waals surface area contributed by atoms with Crippen molar-refractivity contribution >= 4 is 15.9 Å². The highest BCUT2D eigenvalue weighted by atomic mass is 32.2. The smallest absolute Gasteiger partial charge is 0.318 e. The molecule has 1 N–H and O–H groups in total. The van der Waals surface area contributed by atoms with Gasteiger partial charge in [-0.1, -0.05) is 35.0 Å². The van der Waals surface area contributed by atoms with Gasteiger partial charge in [-0.25, -0.2) is 13.2 Å². The predicted molar refractivity (Wildman–Crippen MR) is 91.6 cm³/mol. The van der Waals surface area contributed by atoms with Crippen LogP contribution in [0.1, 0.15) is 24.4 Å². The Hall–Kier alpha value is -2.42. The standard InChI is InChI=1S/C16H20N4O4S/c1-11-3-5-13(6-4-11)14-18-15(24-19-14)12(2)17-16(21)20-7-9-25(22,23)10-8-20/h3-6,12H,7-10H2,1-2H3,(H,17,21)/t12-/m0/s1. The van der Waals surface area contributed by atoms with Crippen LogP contribution in [0.25, 0.3) is 11.4 Å². The van der Waals surface area contributed by atoms with Gasteiger partial charge in [-0.05, 0) is 13.8 Å².